The molecule has 1 fully saturated rings. The number of H-pyrrole nitrogens is 1. The number of hydrogen-bond donors (Lipinski definition) is 5. The standard InChI is InChI=1S/C13H14N4O5/c1-2-5-3-17(10-7(5)11(21)16-13(14)15-10)12-9(20)8(19)6(4-18)22-12/h1,3,6,8-9,12,18-20H,4H2,(H3,14,15,16,21)/t6-,8-,9-,12-/m1/s1. The van der Waals surface area contributed by atoms with Gasteiger partial charge in [-0.05, 0) is 0 Å². The summed E-state index contributed by atoms with van der Waals surface area (Å²) in [6.07, 6.45) is 2.19. The van der Waals surface area contributed by atoms with Crippen molar-refractivity contribution in [1.82, 2.24) is 14.5 Å². The maximum atomic E-state index is 12.0. The molecule has 4 atom stereocenters. The predicted molar refractivity (Wildman–Crippen MR) is 75.7 cm³/mol. The lowest BCUT2D eigenvalue weighted by atomic mass is 10.1. The minimum absolute atomic E-state index is 0.118. The quantitative estimate of drug-likeness (QED) is 0.399. The van der Waals surface area contributed by atoms with E-state index < -0.39 is 36.7 Å². The van der Waals surface area contributed by atoms with Gasteiger partial charge in [-0.2, -0.15) is 4.98 Å². The molecule has 0 radical (unpaired) electrons. The molecule has 1 aliphatic rings. The molecule has 0 spiro atoms. The number of nitrogens with one attached hydrogen (secondary N) is 1. The van der Waals surface area contributed by atoms with Gasteiger partial charge in [0.2, 0.25) is 5.95 Å². The van der Waals surface area contributed by atoms with Crippen LogP contribution in [0.3, 0.4) is 0 Å². The van der Waals surface area contributed by atoms with Crippen molar-refractivity contribution in [3.05, 3.63) is 22.1 Å². The topological polar surface area (TPSA) is 147 Å². The predicted octanol–water partition coefficient (Wildman–Crippen LogP) is -2.10. The Morgan fingerprint density at radius 1 is 1.50 bits per heavy atom. The van der Waals surface area contributed by atoms with Gasteiger partial charge in [-0.15, -0.1) is 6.42 Å². The Kier molecular flexibility index (Phi) is 3.38. The third-order valence-electron chi connectivity index (χ3n) is 3.65. The minimum Gasteiger partial charge on any atom is -0.394 e. The highest BCUT2D eigenvalue weighted by molar-refractivity contribution is 5.83. The third kappa shape index (κ3) is 1.98. The van der Waals surface area contributed by atoms with E-state index in [0.717, 1.165) is 0 Å². The first kappa shape index (κ1) is 14.6. The summed E-state index contributed by atoms with van der Waals surface area (Å²) in [6, 6.07) is 0. The molecule has 0 unspecified atom stereocenters. The normalized spacial score (nSPS) is 28.1. The molecule has 22 heavy (non-hydrogen) atoms. The lowest BCUT2D eigenvalue weighted by molar-refractivity contribution is -0.0508. The highest BCUT2D eigenvalue weighted by Crippen LogP contribution is 2.32. The van der Waals surface area contributed by atoms with Crippen molar-refractivity contribution in [2.75, 3.05) is 12.3 Å². The van der Waals surface area contributed by atoms with Gasteiger partial charge in [0.05, 0.1) is 17.6 Å². The molecule has 6 N–H and O–H groups in total. The maximum absolute atomic E-state index is 12.0. The Bertz CT molecular complexity index is 820. The van der Waals surface area contributed by atoms with Gasteiger partial charge in [-0.25, -0.2) is 0 Å². The third-order valence-corrected chi connectivity index (χ3v) is 3.65. The molecule has 0 amide bonds. The Labute approximate surface area is 124 Å². The summed E-state index contributed by atoms with van der Waals surface area (Å²) in [5, 5.41) is 29.2. The second-order valence-electron chi connectivity index (χ2n) is 4.97. The number of nitrogen functional groups attached to an aromatic ring is 1. The van der Waals surface area contributed by atoms with Crippen LogP contribution >= 0.6 is 0 Å². The molecular formula is C13H14N4O5. The monoisotopic (exact) mass is 306 g/mol. The summed E-state index contributed by atoms with van der Waals surface area (Å²) >= 11 is 0. The molecule has 0 aromatic carbocycles. The zero-order valence-corrected chi connectivity index (χ0v) is 11.3. The Hall–Kier alpha value is -2.38. The molecule has 0 saturated carbocycles. The molecule has 2 aromatic heterocycles. The molecule has 116 valence electrons. The van der Waals surface area contributed by atoms with Crippen LogP contribution in [0.15, 0.2) is 11.0 Å². The smallest absolute Gasteiger partial charge is 0.263 e. The molecular weight excluding hydrogens is 292 g/mol. The molecule has 3 heterocycles. The summed E-state index contributed by atoms with van der Waals surface area (Å²) in [7, 11) is 0. The summed E-state index contributed by atoms with van der Waals surface area (Å²) < 4.78 is 6.75. The lowest BCUT2D eigenvalue weighted by Gasteiger charge is -2.17. The molecule has 9 heteroatoms. The van der Waals surface area contributed by atoms with Crippen molar-refractivity contribution >= 4 is 17.0 Å². The average molecular weight is 306 g/mol. The number of aromatic amines is 1. The zero-order chi connectivity index (χ0) is 16.0. The van der Waals surface area contributed by atoms with Crippen LogP contribution in [0, 0.1) is 12.3 Å². The fourth-order valence-electron chi connectivity index (χ4n) is 2.59. The second kappa shape index (κ2) is 5.11. The van der Waals surface area contributed by atoms with Crippen molar-refractivity contribution in [1.29, 1.82) is 0 Å². The number of nitrogens with zero attached hydrogens (tertiary/aromatic N) is 2. The number of ether oxygens (including phenoxy) is 1. The number of anilines is 1. The van der Waals surface area contributed by atoms with Crippen molar-refractivity contribution in [3.8, 4) is 12.3 Å². The fourth-order valence-corrected chi connectivity index (χ4v) is 2.59. The van der Waals surface area contributed by atoms with Crippen LogP contribution in [0.5, 0.6) is 0 Å². The number of rotatable bonds is 2. The van der Waals surface area contributed by atoms with E-state index in [2.05, 4.69) is 15.9 Å². The maximum Gasteiger partial charge on any atom is 0.263 e. The van der Waals surface area contributed by atoms with Gasteiger partial charge in [0.25, 0.3) is 5.56 Å². The van der Waals surface area contributed by atoms with E-state index in [1.807, 2.05) is 0 Å². The van der Waals surface area contributed by atoms with Gasteiger partial charge >= 0.3 is 0 Å². The Morgan fingerprint density at radius 2 is 2.23 bits per heavy atom. The number of aliphatic hydroxyl groups is 3. The fraction of sp³-hybridized carbons (Fsp3) is 0.385. The molecule has 2 aromatic rings. The number of aliphatic hydroxyl groups excluding tert-OH is 3. The summed E-state index contributed by atoms with van der Waals surface area (Å²) in [6.45, 7) is -0.466. The van der Waals surface area contributed by atoms with Crippen LogP contribution in [-0.2, 0) is 4.74 Å². The number of terminal acetylenes is 1. The van der Waals surface area contributed by atoms with Crippen molar-refractivity contribution in [2.45, 2.75) is 24.5 Å². The number of aromatic nitrogens is 3. The van der Waals surface area contributed by atoms with E-state index in [1.54, 1.807) is 0 Å². The second-order valence-corrected chi connectivity index (χ2v) is 4.97. The van der Waals surface area contributed by atoms with Gasteiger partial charge in [-0.3, -0.25) is 9.78 Å². The molecule has 1 aliphatic heterocycles. The van der Waals surface area contributed by atoms with E-state index in [1.165, 1.54) is 10.8 Å². The largest absolute Gasteiger partial charge is 0.394 e. The van der Waals surface area contributed by atoms with E-state index in [9.17, 15) is 15.0 Å². The van der Waals surface area contributed by atoms with Crippen LogP contribution in [0.1, 0.15) is 11.8 Å². The highest BCUT2D eigenvalue weighted by Gasteiger charge is 2.44. The Balaban J connectivity index is 2.20. The SMILES string of the molecule is C#Cc1cn([C@@H]2O[C@H](CO)[C@@H](O)[C@H]2O)c2nc(N)[nH]c(=O)c12. The van der Waals surface area contributed by atoms with Crippen LogP contribution in [0.25, 0.3) is 11.0 Å². The highest BCUT2D eigenvalue weighted by atomic mass is 16.6. The molecule has 0 aliphatic carbocycles. The van der Waals surface area contributed by atoms with E-state index >= 15 is 0 Å². The average Bonchev–Trinajstić information content (AvgIpc) is 2.98. The molecule has 9 nitrogen and oxygen atoms in total. The molecule has 0 bridgehead atoms. The first-order valence-electron chi connectivity index (χ1n) is 6.47. The van der Waals surface area contributed by atoms with Gasteiger partial charge in [0, 0.05) is 6.20 Å². The Morgan fingerprint density at radius 3 is 2.82 bits per heavy atom. The van der Waals surface area contributed by atoms with Crippen molar-refractivity contribution < 1.29 is 20.1 Å². The van der Waals surface area contributed by atoms with Crippen LogP contribution in [-0.4, -0.2) is 54.8 Å². The van der Waals surface area contributed by atoms with Crippen molar-refractivity contribution in [3.63, 3.8) is 0 Å². The van der Waals surface area contributed by atoms with Gasteiger partial charge in [0.15, 0.2) is 11.9 Å². The summed E-state index contributed by atoms with van der Waals surface area (Å²) in [5.41, 5.74) is 5.40. The van der Waals surface area contributed by atoms with Gasteiger partial charge in [-0.1, -0.05) is 5.92 Å². The first-order valence-corrected chi connectivity index (χ1v) is 6.47. The summed E-state index contributed by atoms with van der Waals surface area (Å²) in [4.78, 5) is 18.4. The van der Waals surface area contributed by atoms with Crippen LogP contribution in [0.4, 0.5) is 5.95 Å². The minimum atomic E-state index is -1.32. The number of fused-ring (bicyclic) bond motifs is 1. The van der Waals surface area contributed by atoms with Crippen LogP contribution in [0.2, 0.25) is 0 Å². The first-order chi connectivity index (χ1) is 10.5. The molecule has 1 saturated heterocycles. The number of nitrogens with two attached hydrogens (primary N) is 1. The number of hydrogen-bond acceptors (Lipinski definition) is 7. The van der Waals surface area contributed by atoms with Crippen molar-refractivity contribution in [2.24, 2.45) is 0 Å². The van der Waals surface area contributed by atoms with Gasteiger partial charge in [0.1, 0.15) is 18.3 Å². The molecule has 3 rings (SSSR count). The van der Waals surface area contributed by atoms with Gasteiger partial charge < -0.3 is 30.4 Å². The van der Waals surface area contributed by atoms with E-state index in [4.69, 9.17) is 22.0 Å². The van der Waals surface area contributed by atoms with Crippen LogP contribution < -0.4 is 11.3 Å². The summed E-state index contributed by atoms with van der Waals surface area (Å²) in [5.74, 6) is 2.24. The lowest BCUT2D eigenvalue weighted by Crippen LogP contribution is -2.33. The van der Waals surface area contributed by atoms with E-state index in [0.29, 0.717) is 0 Å². The van der Waals surface area contributed by atoms with E-state index in [-0.39, 0.29) is 22.5 Å². The zero-order valence-electron chi connectivity index (χ0n) is 11.3.